The van der Waals surface area contributed by atoms with Gasteiger partial charge in [0.2, 0.25) is 0 Å². The molecule has 0 aromatic heterocycles. The average Bonchev–Trinajstić information content (AvgIpc) is 1.86. The quantitative estimate of drug-likeness (QED) is 0.707. The normalized spacial score (nSPS) is 11.5. The molecule has 1 aromatic carbocycles. The van der Waals surface area contributed by atoms with Gasteiger partial charge in [0, 0.05) is 0 Å². The third kappa shape index (κ3) is 2.00. The molecule has 1 N–H and O–H groups in total. The van der Waals surface area contributed by atoms with E-state index >= 15 is 0 Å². The predicted octanol–water partition coefficient (Wildman–Crippen LogP) is 1.94. The van der Waals surface area contributed by atoms with Gasteiger partial charge >= 0.3 is 70.2 Å². The van der Waals surface area contributed by atoms with Crippen LogP contribution in [0.3, 0.4) is 0 Å². The Labute approximate surface area is 70.5 Å². The van der Waals surface area contributed by atoms with E-state index in [1.807, 2.05) is 18.2 Å². The van der Waals surface area contributed by atoms with E-state index in [0.717, 1.165) is 0 Å². The van der Waals surface area contributed by atoms with Crippen molar-refractivity contribution in [3.8, 4) is 5.75 Å². The summed E-state index contributed by atoms with van der Waals surface area (Å²) in [6.07, 6.45) is 0. The summed E-state index contributed by atoms with van der Waals surface area (Å²) in [5.74, 6) is 0.465. The van der Waals surface area contributed by atoms with Crippen LogP contribution in [0.4, 0.5) is 0 Å². The first-order chi connectivity index (χ1) is 5.02. The van der Waals surface area contributed by atoms with Crippen LogP contribution < -0.4 is 4.35 Å². The maximum absolute atomic E-state index is 9.49. The topological polar surface area (TPSA) is 20.2 Å². The van der Waals surface area contributed by atoms with Crippen LogP contribution in [0.15, 0.2) is 24.3 Å². The summed E-state index contributed by atoms with van der Waals surface area (Å²) in [4.78, 5) is 0. The summed E-state index contributed by atoms with van der Waals surface area (Å²) in [7, 11) is 0. The number of phenols is 1. The molecule has 0 spiro atoms. The van der Waals surface area contributed by atoms with Crippen molar-refractivity contribution in [1.29, 1.82) is 0 Å². The molecule has 60 valence electrons. The van der Waals surface area contributed by atoms with Gasteiger partial charge in [-0.15, -0.1) is 0 Å². The number of rotatable bonds is 1. The van der Waals surface area contributed by atoms with Crippen LogP contribution >= 0.6 is 0 Å². The Morgan fingerprint density at radius 3 is 2.00 bits per heavy atom. The van der Waals surface area contributed by atoms with Crippen molar-refractivity contribution in [3.63, 3.8) is 0 Å². The zero-order valence-electron chi connectivity index (χ0n) is 7.20. The van der Waals surface area contributed by atoms with Gasteiger partial charge in [-0.3, -0.25) is 0 Å². The second-order valence-corrected chi connectivity index (χ2v) is 13.0. The molecule has 0 aliphatic heterocycles. The van der Waals surface area contributed by atoms with Crippen LogP contribution in [0.2, 0.25) is 17.1 Å². The van der Waals surface area contributed by atoms with Crippen LogP contribution in [0, 0.1) is 0 Å². The fraction of sp³-hybridized carbons (Fsp3) is 0.333. The van der Waals surface area contributed by atoms with Gasteiger partial charge in [-0.1, -0.05) is 0 Å². The van der Waals surface area contributed by atoms with E-state index in [2.05, 4.69) is 17.1 Å². The molecule has 1 nitrogen and oxygen atoms in total. The van der Waals surface area contributed by atoms with Crippen LogP contribution in [0.25, 0.3) is 0 Å². The van der Waals surface area contributed by atoms with E-state index < -0.39 is 13.6 Å². The first kappa shape index (κ1) is 8.67. The molecule has 0 aliphatic rings. The molecule has 1 rings (SSSR count). The van der Waals surface area contributed by atoms with Crippen molar-refractivity contribution >= 4 is 17.9 Å². The van der Waals surface area contributed by atoms with Crippen LogP contribution in [0.5, 0.6) is 5.75 Å². The molecule has 2 heteroatoms. The monoisotopic (exact) mass is 213 g/mol. The van der Waals surface area contributed by atoms with Crippen molar-refractivity contribution in [2.24, 2.45) is 0 Å². The summed E-state index contributed by atoms with van der Waals surface area (Å²) in [6.45, 7) is 0. The van der Waals surface area contributed by atoms with E-state index in [1.54, 1.807) is 6.07 Å². The van der Waals surface area contributed by atoms with Gasteiger partial charge < -0.3 is 0 Å². The standard InChI is InChI=1S/C9H13AsO/c1-10(2,3)8-6-4-5-7-9(8)11/h4-7H,1-3H3/p+1. The number of hydrogen-bond acceptors (Lipinski definition) is 1. The average molecular weight is 213 g/mol. The molecular formula is C9H14AsO+. The Balaban J connectivity index is 3.14. The van der Waals surface area contributed by atoms with Crippen LogP contribution in [0.1, 0.15) is 0 Å². The molecular weight excluding hydrogens is 199 g/mol. The molecule has 0 fully saturated rings. The van der Waals surface area contributed by atoms with Gasteiger partial charge in [0.15, 0.2) is 0 Å². The van der Waals surface area contributed by atoms with Crippen molar-refractivity contribution in [2.75, 3.05) is 0 Å². The van der Waals surface area contributed by atoms with E-state index in [0.29, 0.717) is 5.75 Å². The van der Waals surface area contributed by atoms with Crippen LogP contribution in [-0.2, 0) is 0 Å². The molecule has 0 saturated carbocycles. The van der Waals surface area contributed by atoms with E-state index in [-0.39, 0.29) is 0 Å². The zero-order chi connectivity index (χ0) is 8.48. The summed E-state index contributed by atoms with van der Waals surface area (Å²) in [5, 5.41) is 9.49. The van der Waals surface area contributed by atoms with E-state index in [1.165, 1.54) is 4.35 Å². The van der Waals surface area contributed by atoms with Gasteiger partial charge in [0.1, 0.15) is 0 Å². The van der Waals surface area contributed by atoms with Gasteiger partial charge in [0.05, 0.1) is 0 Å². The Morgan fingerprint density at radius 1 is 1.09 bits per heavy atom. The van der Waals surface area contributed by atoms with Crippen molar-refractivity contribution in [1.82, 2.24) is 0 Å². The number of para-hydroxylation sites is 1. The fourth-order valence-corrected chi connectivity index (χ4v) is 3.75. The van der Waals surface area contributed by atoms with Gasteiger partial charge in [-0.05, 0) is 0 Å². The molecule has 1 aromatic rings. The minimum absolute atomic E-state index is 0.465. The van der Waals surface area contributed by atoms with Gasteiger partial charge in [-0.25, -0.2) is 0 Å². The second-order valence-electron chi connectivity index (χ2n) is 3.50. The predicted molar refractivity (Wildman–Crippen MR) is 51.1 cm³/mol. The molecule has 11 heavy (non-hydrogen) atoms. The van der Waals surface area contributed by atoms with Crippen molar-refractivity contribution < 1.29 is 5.11 Å². The molecule has 0 saturated heterocycles. The Bertz CT molecular complexity index is 250. The first-order valence-corrected chi connectivity index (χ1v) is 10.2. The number of phenolic OH excluding ortho intramolecular Hbond substituents is 1. The number of aromatic hydroxyl groups is 1. The fourth-order valence-electron chi connectivity index (χ4n) is 1.03. The zero-order valence-corrected chi connectivity index (χ0v) is 9.08. The molecule has 0 bridgehead atoms. The summed E-state index contributed by atoms with van der Waals surface area (Å²) in [6, 6.07) is 7.65. The van der Waals surface area contributed by atoms with Gasteiger partial charge in [0.25, 0.3) is 0 Å². The SMILES string of the molecule is C[As+](C)(C)c1ccccc1O. The third-order valence-electron chi connectivity index (χ3n) is 1.60. The summed E-state index contributed by atoms with van der Waals surface area (Å²) < 4.78 is 1.17. The van der Waals surface area contributed by atoms with Crippen molar-refractivity contribution in [3.05, 3.63) is 24.3 Å². The Hall–Kier alpha value is -0.422. The maximum atomic E-state index is 9.49. The second kappa shape index (κ2) is 2.90. The van der Waals surface area contributed by atoms with E-state index in [9.17, 15) is 5.11 Å². The van der Waals surface area contributed by atoms with Gasteiger partial charge in [-0.2, -0.15) is 0 Å². The summed E-state index contributed by atoms with van der Waals surface area (Å²) in [5.41, 5.74) is 6.77. The molecule has 0 amide bonds. The Morgan fingerprint density at radius 2 is 1.64 bits per heavy atom. The molecule has 0 heterocycles. The molecule has 0 radical (unpaired) electrons. The Kier molecular flexibility index (Phi) is 2.29. The summed E-state index contributed by atoms with van der Waals surface area (Å²) >= 11 is -1.65. The molecule has 0 unspecified atom stereocenters. The first-order valence-electron chi connectivity index (χ1n) is 3.62. The van der Waals surface area contributed by atoms with Crippen molar-refractivity contribution in [2.45, 2.75) is 17.1 Å². The molecule has 0 atom stereocenters. The van der Waals surface area contributed by atoms with Crippen LogP contribution in [-0.4, -0.2) is 18.7 Å². The number of hydrogen-bond donors (Lipinski definition) is 1. The molecule has 0 aliphatic carbocycles. The van der Waals surface area contributed by atoms with E-state index in [4.69, 9.17) is 0 Å². The minimum atomic E-state index is -1.65. The third-order valence-corrected chi connectivity index (χ3v) is 5.43. The number of benzene rings is 1.